The van der Waals surface area contributed by atoms with E-state index in [0.717, 1.165) is 19.4 Å². The fourth-order valence-corrected chi connectivity index (χ4v) is 2.12. The summed E-state index contributed by atoms with van der Waals surface area (Å²) in [5, 5.41) is 0. The first-order chi connectivity index (χ1) is 7.29. The Kier molecular flexibility index (Phi) is 3.14. The fraction of sp³-hybridized carbons (Fsp3) is 0.800. The number of hydrogen-bond acceptors (Lipinski definition) is 4. The van der Waals surface area contributed by atoms with Crippen LogP contribution in [0.1, 0.15) is 19.3 Å². The van der Waals surface area contributed by atoms with E-state index in [-0.39, 0.29) is 18.1 Å². The van der Waals surface area contributed by atoms with E-state index in [0.29, 0.717) is 19.5 Å². The molecule has 0 aromatic heterocycles. The van der Waals surface area contributed by atoms with Crippen molar-refractivity contribution >= 4 is 12.0 Å². The molecule has 82 valence electrons. The Labute approximate surface area is 88.1 Å². The van der Waals surface area contributed by atoms with Crippen molar-refractivity contribution in [2.24, 2.45) is 4.99 Å². The van der Waals surface area contributed by atoms with Crippen molar-refractivity contribution in [2.45, 2.75) is 31.4 Å². The molecule has 2 aliphatic rings. The van der Waals surface area contributed by atoms with E-state index in [9.17, 15) is 9.59 Å². The molecule has 0 radical (unpaired) electrons. The molecule has 5 heteroatoms. The van der Waals surface area contributed by atoms with Gasteiger partial charge in [-0.25, -0.2) is 9.79 Å². The van der Waals surface area contributed by atoms with Crippen molar-refractivity contribution in [3.8, 4) is 0 Å². The van der Waals surface area contributed by atoms with Gasteiger partial charge in [0.05, 0.1) is 18.6 Å². The lowest BCUT2D eigenvalue weighted by atomic mass is 10.2. The molecule has 2 aliphatic heterocycles. The van der Waals surface area contributed by atoms with Crippen molar-refractivity contribution in [1.82, 2.24) is 4.90 Å². The molecular weight excluding hydrogens is 196 g/mol. The highest BCUT2D eigenvalue weighted by atomic mass is 16.5. The number of aliphatic imine (C=N–C) groups is 1. The molecule has 0 N–H and O–H groups in total. The maximum absolute atomic E-state index is 11.5. The zero-order valence-corrected chi connectivity index (χ0v) is 8.52. The topological polar surface area (TPSA) is 59.0 Å². The first-order valence-corrected chi connectivity index (χ1v) is 5.26. The highest BCUT2D eigenvalue weighted by Gasteiger charge is 2.31. The molecule has 0 saturated carbocycles. The van der Waals surface area contributed by atoms with Gasteiger partial charge in [0, 0.05) is 19.7 Å². The smallest absolute Gasteiger partial charge is 0.235 e. The fourth-order valence-electron chi connectivity index (χ4n) is 2.12. The third-order valence-electron chi connectivity index (χ3n) is 2.88. The summed E-state index contributed by atoms with van der Waals surface area (Å²) in [6, 6.07) is -0.198. The van der Waals surface area contributed by atoms with E-state index in [1.54, 1.807) is 4.90 Å². The molecule has 2 heterocycles. The summed E-state index contributed by atoms with van der Waals surface area (Å²) in [4.78, 5) is 26.9. The molecule has 1 amide bonds. The molecule has 2 saturated heterocycles. The highest BCUT2D eigenvalue weighted by Crippen LogP contribution is 2.18. The number of amides is 1. The molecule has 15 heavy (non-hydrogen) atoms. The number of carbonyl (C=O) groups is 1. The van der Waals surface area contributed by atoms with Crippen LogP contribution in [0, 0.1) is 0 Å². The third-order valence-corrected chi connectivity index (χ3v) is 2.88. The zero-order chi connectivity index (χ0) is 10.7. The molecule has 2 atom stereocenters. The second-order valence-electron chi connectivity index (χ2n) is 4.01. The predicted molar refractivity (Wildman–Crippen MR) is 52.1 cm³/mol. The summed E-state index contributed by atoms with van der Waals surface area (Å²) < 4.78 is 5.46. The number of isocyanates is 1. The van der Waals surface area contributed by atoms with E-state index < -0.39 is 0 Å². The number of carbonyl (C=O) groups excluding carboxylic acids is 2. The van der Waals surface area contributed by atoms with Gasteiger partial charge in [-0.05, 0) is 12.8 Å². The van der Waals surface area contributed by atoms with E-state index in [2.05, 4.69) is 4.99 Å². The van der Waals surface area contributed by atoms with Crippen LogP contribution in [0.15, 0.2) is 4.99 Å². The molecule has 0 aromatic carbocycles. The lowest BCUT2D eigenvalue weighted by Crippen LogP contribution is -2.33. The van der Waals surface area contributed by atoms with Crippen LogP contribution >= 0.6 is 0 Å². The number of hydrogen-bond donors (Lipinski definition) is 0. The van der Waals surface area contributed by atoms with Crippen molar-refractivity contribution in [1.29, 1.82) is 0 Å². The van der Waals surface area contributed by atoms with Crippen LogP contribution in [0.2, 0.25) is 0 Å². The average Bonchev–Trinajstić information content (AvgIpc) is 2.79. The second-order valence-corrected chi connectivity index (χ2v) is 4.01. The first kappa shape index (κ1) is 10.3. The Morgan fingerprint density at radius 3 is 3.13 bits per heavy atom. The van der Waals surface area contributed by atoms with Gasteiger partial charge in [0.1, 0.15) is 0 Å². The van der Waals surface area contributed by atoms with Crippen LogP contribution < -0.4 is 0 Å². The van der Waals surface area contributed by atoms with Crippen LogP contribution in [0.4, 0.5) is 0 Å². The summed E-state index contributed by atoms with van der Waals surface area (Å²) in [7, 11) is 0. The van der Waals surface area contributed by atoms with Crippen LogP contribution in [0.25, 0.3) is 0 Å². The largest absolute Gasteiger partial charge is 0.376 e. The van der Waals surface area contributed by atoms with Gasteiger partial charge in [-0.3, -0.25) is 4.79 Å². The summed E-state index contributed by atoms with van der Waals surface area (Å²) in [6.07, 6.45) is 4.11. The standard InChI is InChI=1S/C10H14N2O3/c13-7-11-8-4-10(14)12(5-8)6-9-2-1-3-15-9/h8-9H,1-6H2. The van der Waals surface area contributed by atoms with Crippen LogP contribution in [-0.4, -0.2) is 48.7 Å². The summed E-state index contributed by atoms with van der Waals surface area (Å²) in [5.74, 6) is 0.0644. The van der Waals surface area contributed by atoms with Crippen molar-refractivity contribution in [3.05, 3.63) is 0 Å². The van der Waals surface area contributed by atoms with E-state index in [4.69, 9.17) is 4.74 Å². The Bertz CT molecular complexity index is 293. The van der Waals surface area contributed by atoms with Crippen LogP contribution in [0.3, 0.4) is 0 Å². The monoisotopic (exact) mass is 210 g/mol. The van der Waals surface area contributed by atoms with E-state index >= 15 is 0 Å². The highest BCUT2D eigenvalue weighted by molar-refractivity contribution is 5.79. The minimum absolute atomic E-state index is 0.0644. The Balaban J connectivity index is 1.87. The summed E-state index contributed by atoms with van der Waals surface area (Å²) in [5.41, 5.74) is 0. The summed E-state index contributed by atoms with van der Waals surface area (Å²) in [6.45, 7) is 1.97. The Morgan fingerprint density at radius 2 is 2.47 bits per heavy atom. The Hall–Kier alpha value is -1.19. The second kappa shape index (κ2) is 4.55. The van der Waals surface area contributed by atoms with Crippen LogP contribution in [0.5, 0.6) is 0 Å². The maximum atomic E-state index is 11.5. The molecule has 2 unspecified atom stereocenters. The SMILES string of the molecule is O=C=NC1CC(=O)N(CC2CCCO2)C1. The molecular formula is C10H14N2O3. The lowest BCUT2D eigenvalue weighted by molar-refractivity contribution is -0.129. The zero-order valence-electron chi connectivity index (χ0n) is 8.52. The molecule has 0 aliphatic carbocycles. The van der Waals surface area contributed by atoms with Gasteiger partial charge >= 0.3 is 0 Å². The van der Waals surface area contributed by atoms with Gasteiger partial charge in [-0.15, -0.1) is 0 Å². The maximum Gasteiger partial charge on any atom is 0.235 e. The summed E-state index contributed by atoms with van der Waals surface area (Å²) >= 11 is 0. The van der Waals surface area contributed by atoms with E-state index in [1.807, 2.05) is 0 Å². The number of nitrogens with zero attached hydrogens (tertiary/aromatic N) is 2. The van der Waals surface area contributed by atoms with E-state index in [1.165, 1.54) is 6.08 Å². The van der Waals surface area contributed by atoms with Crippen molar-refractivity contribution in [2.75, 3.05) is 19.7 Å². The normalized spacial score (nSPS) is 30.7. The van der Waals surface area contributed by atoms with Gasteiger partial charge in [0.2, 0.25) is 12.0 Å². The lowest BCUT2D eigenvalue weighted by Gasteiger charge is -2.19. The molecule has 2 rings (SSSR count). The van der Waals surface area contributed by atoms with Gasteiger partial charge in [0.25, 0.3) is 0 Å². The number of likely N-dealkylation sites (tertiary alicyclic amines) is 1. The van der Waals surface area contributed by atoms with Crippen molar-refractivity contribution < 1.29 is 14.3 Å². The van der Waals surface area contributed by atoms with Gasteiger partial charge in [-0.1, -0.05) is 0 Å². The molecule has 0 bridgehead atoms. The molecule has 0 spiro atoms. The minimum Gasteiger partial charge on any atom is -0.376 e. The third kappa shape index (κ3) is 2.43. The molecule has 0 aromatic rings. The Morgan fingerprint density at radius 1 is 1.60 bits per heavy atom. The van der Waals surface area contributed by atoms with Gasteiger partial charge in [-0.2, -0.15) is 0 Å². The molecule has 5 nitrogen and oxygen atoms in total. The molecule has 2 fully saturated rings. The predicted octanol–water partition coefficient (Wildman–Crippen LogP) is 0.102. The average molecular weight is 210 g/mol. The number of ether oxygens (including phenoxy) is 1. The number of rotatable bonds is 3. The quantitative estimate of drug-likeness (QED) is 0.490. The van der Waals surface area contributed by atoms with Gasteiger partial charge < -0.3 is 9.64 Å². The van der Waals surface area contributed by atoms with Crippen LogP contribution in [-0.2, 0) is 14.3 Å². The van der Waals surface area contributed by atoms with Crippen molar-refractivity contribution in [3.63, 3.8) is 0 Å². The van der Waals surface area contributed by atoms with Gasteiger partial charge in [0.15, 0.2) is 0 Å². The minimum atomic E-state index is -0.198. The first-order valence-electron chi connectivity index (χ1n) is 5.26.